The zero-order valence-corrected chi connectivity index (χ0v) is 12.8. The Balaban J connectivity index is 1.45. The van der Waals surface area contributed by atoms with E-state index in [1.807, 2.05) is 4.90 Å². The number of carbonyl (C=O) groups excluding carboxylic acids is 3. The molecule has 2 saturated carbocycles. The van der Waals surface area contributed by atoms with Crippen molar-refractivity contribution in [1.29, 1.82) is 0 Å². The van der Waals surface area contributed by atoms with E-state index in [0.29, 0.717) is 25.9 Å². The van der Waals surface area contributed by atoms with Gasteiger partial charge in [-0.05, 0) is 43.9 Å². The lowest BCUT2D eigenvalue weighted by Crippen LogP contribution is -2.46. The van der Waals surface area contributed by atoms with Gasteiger partial charge in [0.25, 0.3) is 0 Å². The first-order valence-corrected chi connectivity index (χ1v) is 8.34. The normalized spacial score (nSPS) is 33.5. The Bertz CT molecular complexity index is 479. The summed E-state index contributed by atoms with van der Waals surface area (Å²) in [4.78, 5) is 36.9. The molecule has 6 nitrogen and oxygen atoms in total. The molecule has 0 radical (unpaired) electrons. The van der Waals surface area contributed by atoms with Crippen LogP contribution in [0, 0.1) is 23.7 Å². The monoisotopic (exact) mass is 307 g/mol. The van der Waals surface area contributed by atoms with E-state index in [9.17, 15) is 19.5 Å². The average molecular weight is 307 g/mol. The number of fused-ring (bicyclic) bond motifs is 2. The van der Waals surface area contributed by atoms with Gasteiger partial charge in [-0.25, -0.2) is 0 Å². The van der Waals surface area contributed by atoms with Crippen LogP contribution in [0.15, 0.2) is 0 Å². The lowest BCUT2D eigenvalue weighted by molar-refractivity contribution is -0.314. The molecule has 2 bridgehead atoms. The van der Waals surface area contributed by atoms with Crippen LogP contribution >= 0.6 is 0 Å². The quantitative estimate of drug-likeness (QED) is 0.672. The molecule has 3 aliphatic rings. The minimum Gasteiger partial charge on any atom is -0.550 e. The molecule has 0 aromatic rings. The summed E-state index contributed by atoms with van der Waals surface area (Å²) >= 11 is 0. The number of nitrogens with zero attached hydrogens (tertiary/aromatic N) is 1. The number of carbonyl (C=O) groups is 3. The van der Waals surface area contributed by atoms with Gasteiger partial charge in [-0.3, -0.25) is 9.59 Å². The standard InChI is InChI=1S/C16H24N2O4/c19-12-3-1-7-18(12)8-2-6-17-15(20)13-10-4-5-11(9-10)14(13)16(21)22/h10-11,13-14H,1-9H2,(H,17,20)(H,21,22)/p-1/t10-,11-,13+,14-/m0/s1. The third kappa shape index (κ3) is 2.83. The second kappa shape index (κ2) is 6.26. The van der Waals surface area contributed by atoms with Gasteiger partial charge in [-0.15, -0.1) is 0 Å². The Hall–Kier alpha value is -1.59. The smallest absolute Gasteiger partial charge is 0.224 e. The third-order valence-electron chi connectivity index (χ3n) is 5.57. The molecule has 0 aromatic carbocycles. The second-order valence-corrected chi connectivity index (χ2v) is 6.83. The third-order valence-corrected chi connectivity index (χ3v) is 5.57. The average Bonchev–Trinajstić information content (AvgIpc) is 3.18. The summed E-state index contributed by atoms with van der Waals surface area (Å²) in [5.74, 6) is -1.74. The van der Waals surface area contributed by atoms with Gasteiger partial charge in [0.1, 0.15) is 0 Å². The van der Waals surface area contributed by atoms with E-state index >= 15 is 0 Å². The molecule has 0 unspecified atom stereocenters. The van der Waals surface area contributed by atoms with E-state index < -0.39 is 17.8 Å². The number of carboxylic acid groups (broad SMARTS) is 1. The van der Waals surface area contributed by atoms with E-state index in [1.165, 1.54) is 0 Å². The summed E-state index contributed by atoms with van der Waals surface area (Å²) in [5.41, 5.74) is 0. The zero-order valence-electron chi connectivity index (χ0n) is 12.8. The van der Waals surface area contributed by atoms with Crippen LogP contribution < -0.4 is 10.4 Å². The molecular formula is C16H23N2O4-. The zero-order chi connectivity index (χ0) is 15.7. The van der Waals surface area contributed by atoms with Crippen molar-refractivity contribution in [2.24, 2.45) is 23.7 Å². The molecule has 122 valence electrons. The van der Waals surface area contributed by atoms with Gasteiger partial charge in [-0.2, -0.15) is 0 Å². The fraction of sp³-hybridized carbons (Fsp3) is 0.812. The topological polar surface area (TPSA) is 89.5 Å². The molecule has 3 fully saturated rings. The maximum absolute atomic E-state index is 12.3. The minimum absolute atomic E-state index is 0.118. The van der Waals surface area contributed by atoms with Crippen LogP contribution in [0.4, 0.5) is 0 Å². The summed E-state index contributed by atoms with van der Waals surface area (Å²) in [5, 5.41) is 14.2. The number of rotatable bonds is 6. The molecule has 1 heterocycles. The van der Waals surface area contributed by atoms with Crippen molar-refractivity contribution in [3.8, 4) is 0 Å². The Morgan fingerprint density at radius 2 is 1.95 bits per heavy atom. The van der Waals surface area contributed by atoms with E-state index in [4.69, 9.17) is 0 Å². The minimum atomic E-state index is -1.07. The Morgan fingerprint density at radius 1 is 1.23 bits per heavy atom. The van der Waals surface area contributed by atoms with Crippen LogP contribution in [0.25, 0.3) is 0 Å². The molecule has 2 aliphatic carbocycles. The maximum Gasteiger partial charge on any atom is 0.224 e. The van der Waals surface area contributed by atoms with E-state index in [1.54, 1.807) is 0 Å². The lowest BCUT2D eigenvalue weighted by atomic mass is 9.78. The molecule has 0 aromatic heterocycles. The van der Waals surface area contributed by atoms with Gasteiger partial charge >= 0.3 is 0 Å². The molecule has 0 spiro atoms. The summed E-state index contributed by atoms with van der Waals surface area (Å²) < 4.78 is 0. The van der Waals surface area contributed by atoms with Crippen molar-refractivity contribution in [2.45, 2.75) is 38.5 Å². The van der Waals surface area contributed by atoms with E-state index in [2.05, 4.69) is 5.32 Å². The van der Waals surface area contributed by atoms with Crippen molar-refractivity contribution in [2.75, 3.05) is 19.6 Å². The summed E-state index contributed by atoms with van der Waals surface area (Å²) in [7, 11) is 0. The number of nitrogens with one attached hydrogen (secondary N) is 1. The van der Waals surface area contributed by atoms with Crippen LogP contribution in [0.1, 0.15) is 38.5 Å². The first-order valence-electron chi connectivity index (χ1n) is 8.34. The molecule has 4 atom stereocenters. The Morgan fingerprint density at radius 3 is 2.59 bits per heavy atom. The predicted octanol–water partition coefficient (Wildman–Crippen LogP) is -0.473. The van der Waals surface area contributed by atoms with Gasteiger partial charge < -0.3 is 20.1 Å². The van der Waals surface area contributed by atoms with Crippen molar-refractivity contribution >= 4 is 17.8 Å². The van der Waals surface area contributed by atoms with Gasteiger partial charge in [0, 0.05) is 43.9 Å². The van der Waals surface area contributed by atoms with E-state index in [0.717, 1.165) is 32.2 Å². The van der Waals surface area contributed by atoms with E-state index in [-0.39, 0.29) is 23.7 Å². The SMILES string of the molecule is O=C(NCCCN1CCCC1=O)[C@@H]1[C@H]2CC[C@@H](C2)[C@@H]1C(=O)[O-]. The van der Waals surface area contributed by atoms with Gasteiger partial charge in [0.2, 0.25) is 11.8 Å². The van der Waals surface area contributed by atoms with Crippen molar-refractivity contribution in [3.63, 3.8) is 0 Å². The number of hydrogen-bond acceptors (Lipinski definition) is 4. The molecule has 1 N–H and O–H groups in total. The molecule has 3 rings (SSSR count). The predicted molar refractivity (Wildman–Crippen MR) is 76.3 cm³/mol. The van der Waals surface area contributed by atoms with Crippen LogP contribution in [0.2, 0.25) is 0 Å². The highest BCUT2D eigenvalue weighted by Gasteiger charge is 2.51. The fourth-order valence-corrected chi connectivity index (χ4v) is 4.55. The summed E-state index contributed by atoms with van der Waals surface area (Å²) in [6, 6.07) is 0. The van der Waals surface area contributed by atoms with Crippen molar-refractivity contribution in [1.82, 2.24) is 10.2 Å². The van der Waals surface area contributed by atoms with Crippen LogP contribution in [-0.4, -0.2) is 42.3 Å². The molecule has 22 heavy (non-hydrogen) atoms. The summed E-state index contributed by atoms with van der Waals surface area (Å²) in [6.07, 6.45) is 4.97. The molecule has 1 saturated heterocycles. The number of likely N-dealkylation sites (tertiary alicyclic amines) is 1. The lowest BCUT2D eigenvalue weighted by Gasteiger charge is -2.30. The first-order chi connectivity index (χ1) is 10.6. The van der Waals surface area contributed by atoms with Gasteiger partial charge in [0.05, 0.1) is 0 Å². The maximum atomic E-state index is 12.3. The van der Waals surface area contributed by atoms with Crippen LogP contribution in [0.5, 0.6) is 0 Å². The summed E-state index contributed by atoms with van der Waals surface area (Å²) in [6.45, 7) is 1.97. The number of aliphatic carboxylic acids is 1. The molecule has 2 amide bonds. The van der Waals surface area contributed by atoms with Crippen molar-refractivity contribution in [3.05, 3.63) is 0 Å². The number of amides is 2. The van der Waals surface area contributed by atoms with Gasteiger partial charge in [0.15, 0.2) is 0 Å². The van der Waals surface area contributed by atoms with Crippen LogP contribution in [0.3, 0.4) is 0 Å². The van der Waals surface area contributed by atoms with Crippen LogP contribution in [-0.2, 0) is 14.4 Å². The first kappa shape index (κ1) is 15.3. The molecule has 6 heteroatoms. The molecule has 1 aliphatic heterocycles. The Labute approximate surface area is 130 Å². The highest BCUT2D eigenvalue weighted by molar-refractivity contribution is 5.85. The highest BCUT2D eigenvalue weighted by atomic mass is 16.4. The fourth-order valence-electron chi connectivity index (χ4n) is 4.55. The second-order valence-electron chi connectivity index (χ2n) is 6.83. The highest BCUT2D eigenvalue weighted by Crippen LogP contribution is 2.52. The largest absolute Gasteiger partial charge is 0.550 e. The number of hydrogen-bond donors (Lipinski definition) is 1. The van der Waals surface area contributed by atoms with Gasteiger partial charge in [-0.1, -0.05) is 0 Å². The Kier molecular flexibility index (Phi) is 4.36. The number of carboxylic acids is 1. The van der Waals surface area contributed by atoms with Crippen molar-refractivity contribution < 1.29 is 19.5 Å². The molecular weight excluding hydrogens is 284 g/mol.